The molecule has 0 aromatic carbocycles. The molecule has 0 aromatic rings. The maximum Gasteiger partial charge on any atom is 0.0579 e. The molecular formula is C34H70O3. The molecule has 0 radical (unpaired) electrons. The number of hydrogen-bond acceptors (Lipinski definition) is 3. The van der Waals surface area contributed by atoms with Gasteiger partial charge in [-0.2, -0.15) is 0 Å². The molecule has 0 aromatic heterocycles. The zero-order valence-corrected chi connectivity index (χ0v) is 25.7. The lowest BCUT2D eigenvalue weighted by atomic mass is 10.0. The van der Waals surface area contributed by atoms with E-state index in [0.717, 1.165) is 38.5 Å². The van der Waals surface area contributed by atoms with Crippen LogP contribution in [-0.2, 0) is 4.74 Å². The highest BCUT2D eigenvalue weighted by molar-refractivity contribution is 4.66. The summed E-state index contributed by atoms with van der Waals surface area (Å²) in [5.74, 6) is 0. The van der Waals surface area contributed by atoms with Crippen molar-refractivity contribution in [3.05, 3.63) is 0 Å². The van der Waals surface area contributed by atoms with Crippen LogP contribution in [0.15, 0.2) is 0 Å². The first kappa shape index (κ1) is 36.9. The van der Waals surface area contributed by atoms with Gasteiger partial charge >= 0.3 is 0 Å². The molecular weight excluding hydrogens is 456 g/mol. The minimum atomic E-state index is 0.262. The molecule has 0 heterocycles. The van der Waals surface area contributed by atoms with Crippen LogP contribution in [0.3, 0.4) is 0 Å². The Balaban J connectivity index is 4.03. The first-order valence-electron chi connectivity index (χ1n) is 17.2. The van der Waals surface area contributed by atoms with Crippen molar-refractivity contribution in [1.29, 1.82) is 0 Å². The molecule has 0 spiro atoms. The number of unbranched alkanes of at least 4 members (excludes halogenated alkanes) is 20. The molecule has 2 unspecified atom stereocenters. The van der Waals surface area contributed by atoms with E-state index in [1.54, 1.807) is 0 Å². The SMILES string of the molecule is CCCCCCCCCCCCCC(CCCO)OC(CCCO)CCCCCCCCCCCCC. The quantitative estimate of drug-likeness (QED) is 0.0857. The highest BCUT2D eigenvalue weighted by atomic mass is 16.5. The molecule has 0 rings (SSSR count). The van der Waals surface area contributed by atoms with E-state index in [2.05, 4.69) is 13.8 Å². The third-order valence-corrected chi connectivity index (χ3v) is 8.01. The molecule has 0 aliphatic heterocycles. The highest BCUT2D eigenvalue weighted by Crippen LogP contribution is 2.21. The van der Waals surface area contributed by atoms with Crippen LogP contribution in [0.5, 0.6) is 0 Å². The summed E-state index contributed by atoms with van der Waals surface area (Å²) < 4.78 is 6.62. The van der Waals surface area contributed by atoms with Gasteiger partial charge in [-0.1, -0.05) is 155 Å². The van der Waals surface area contributed by atoms with Crippen molar-refractivity contribution in [2.75, 3.05) is 13.2 Å². The van der Waals surface area contributed by atoms with Crippen LogP contribution in [0.4, 0.5) is 0 Å². The van der Waals surface area contributed by atoms with Gasteiger partial charge in [-0.3, -0.25) is 0 Å². The van der Waals surface area contributed by atoms with E-state index in [9.17, 15) is 10.2 Å². The lowest BCUT2D eigenvalue weighted by molar-refractivity contribution is -0.0349. The smallest absolute Gasteiger partial charge is 0.0579 e. The van der Waals surface area contributed by atoms with E-state index in [4.69, 9.17) is 4.74 Å². The first-order chi connectivity index (χ1) is 18.3. The van der Waals surface area contributed by atoms with Crippen molar-refractivity contribution in [2.45, 2.75) is 206 Å². The third kappa shape index (κ3) is 28.7. The molecule has 0 saturated heterocycles. The van der Waals surface area contributed by atoms with Gasteiger partial charge in [0.25, 0.3) is 0 Å². The third-order valence-electron chi connectivity index (χ3n) is 8.01. The Hall–Kier alpha value is -0.120. The Morgan fingerprint density at radius 3 is 0.865 bits per heavy atom. The Morgan fingerprint density at radius 1 is 0.351 bits per heavy atom. The van der Waals surface area contributed by atoms with Gasteiger partial charge in [-0.25, -0.2) is 0 Å². The molecule has 224 valence electrons. The molecule has 0 amide bonds. The van der Waals surface area contributed by atoms with Gasteiger partial charge in [0.15, 0.2) is 0 Å². The monoisotopic (exact) mass is 527 g/mol. The van der Waals surface area contributed by atoms with Crippen LogP contribution < -0.4 is 0 Å². The predicted molar refractivity (Wildman–Crippen MR) is 163 cm³/mol. The molecule has 3 nitrogen and oxygen atoms in total. The normalized spacial score (nSPS) is 13.3. The number of aliphatic hydroxyl groups is 2. The first-order valence-corrected chi connectivity index (χ1v) is 17.2. The fourth-order valence-corrected chi connectivity index (χ4v) is 5.54. The molecule has 2 atom stereocenters. The Labute approximate surface area is 233 Å². The van der Waals surface area contributed by atoms with Gasteiger partial charge < -0.3 is 14.9 Å². The minimum Gasteiger partial charge on any atom is -0.396 e. The van der Waals surface area contributed by atoms with Crippen LogP contribution >= 0.6 is 0 Å². The number of ether oxygens (including phenoxy) is 1. The predicted octanol–water partition coefficient (Wildman–Crippen LogP) is 10.7. The zero-order chi connectivity index (χ0) is 27.1. The molecule has 0 fully saturated rings. The Morgan fingerprint density at radius 2 is 0.595 bits per heavy atom. The van der Waals surface area contributed by atoms with Crippen molar-refractivity contribution in [3.8, 4) is 0 Å². The fraction of sp³-hybridized carbons (Fsp3) is 1.00. The second-order valence-corrected chi connectivity index (χ2v) is 11.8. The lowest BCUT2D eigenvalue weighted by Crippen LogP contribution is -2.23. The maximum absolute atomic E-state index is 9.38. The van der Waals surface area contributed by atoms with E-state index >= 15 is 0 Å². The standard InChI is InChI=1S/C34H70O3/c1-3-5-7-9-11-13-15-17-19-21-23-27-33(29-25-31-35)37-34(30-26-32-36)28-24-22-20-18-16-14-12-10-8-6-4-2/h33-36H,3-32H2,1-2H3. The summed E-state index contributed by atoms with van der Waals surface area (Å²) in [7, 11) is 0. The molecule has 0 saturated carbocycles. The van der Waals surface area contributed by atoms with Crippen molar-refractivity contribution in [1.82, 2.24) is 0 Å². The summed E-state index contributed by atoms with van der Waals surface area (Å²) in [5.41, 5.74) is 0. The van der Waals surface area contributed by atoms with Gasteiger partial charge in [0, 0.05) is 13.2 Å². The fourth-order valence-electron chi connectivity index (χ4n) is 5.54. The van der Waals surface area contributed by atoms with Crippen molar-refractivity contribution in [2.24, 2.45) is 0 Å². The molecule has 0 aliphatic rings. The largest absolute Gasteiger partial charge is 0.396 e. The molecule has 0 bridgehead atoms. The van der Waals surface area contributed by atoms with Crippen molar-refractivity contribution >= 4 is 0 Å². The van der Waals surface area contributed by atoms with Crippen molar-refractivity contribution in [3.63, 3.8) is 0 Å². The van der Waals surface area contributed by atoms with Crippen molar-refractivity contribution < 1.29 is 14.9 Å². The van der Waals surface area contributed by atoms with E-state index in [1.165, 1.54) is 141 Å². The summed E-state index contributed by atoms with van der Waals surface area (Å²) in [6.07, 6.45) is 36.7. The number of aliphatic hydroxyl groups excluding tert-OH is 2. The van der Waals surface area contributed by atoms with Gasteiger partial charge in [0.2, 0.25) is 0 Å². The number of rotatable bonds is 32. The van der Waals surface area contributed by atoms with Gasteiger partial charge in [-0.05, 0) is 38.5 Å². The Kier molecular flexibility index (Phi) is 32.0. The lowest BCUT2D eigenvalue weighted by Gasteiger charge is -2.25. The summed E-state index contributed by atoms with van der Waals surface area (Å²) >= 11 is 0. The summed E-state index contributed by atoms with van der Waals surface area (Å²) in [5, 5.41) is 18.8. The highest BCUT2D eigenvalue weighted by Gasteiger charge is 2.16. The summed E-state index contributed by atoms with van der Waals surface area (Å²) in [6.45, 7) is 5.10. The molecule has 3 heteroatoms. The minimum absolute atomic E-state index is 0.262. The molecule has 0 aliphatic carbocycles. The maximum atomic E-state index is 9.38. The molecule has 37 heavy (non-hydrogen) atoms. The average Bonchev–Trinajstić information content (AvgIpc) is 2.91. The van der Waals surface area contributed by atoms with Gasteiger partial charge in [0.05, 0.1) is 12.2 Å². The van der Waals surface area contributed by atoms with E-state index in [1.807, 2.05) is 0 Å². The van der Waals surface area contributed by atoms with E-state index in [0.29, 0.717) is 0 Å². The van der Waals surface area contributed by atoms with Gasteiger partial charge in [0.1, 0.15) is 0 Å². The van der Waals surface area contributed by atoms with Crippen LogP contribution in [0, 0.1) is 0 Å². The van der Waals surface area contributed by atoms with Crippen LogP contribution in [0.1, 0.15) is 194 Å². The van der Waals surface area contributed by atoms with Gasteiger partial charge in [-0.15, -0.1) is 0 Å². The summed E-state index contributed by atoms with van der Waals surface area (Å²) in [4.78, 5) is 0. The summed E-state index contributed by atoms with van der Waals surface area (Å²) in [6, 6.07) is 0. The topological polar surface area (TPSA) is 49.7 Å². The zero-order valence-electron chi connectivity index (χ0n) is 25.7. The second kappa shape index (κ2) is 32.1. The van der Waals surface area contributed by atoms with E-state index < -0.39 is 0 Å². The average molecular weight is 527 g/mol. The number of hydrogen-bond donors (Lipinski definition) is 2. The van der Waals surface area contributed by atoms with Crippen LogP contribution in [0.2, 0.25) is 0 Å². The van der Waals surface area contributed by atoms with E-state index in [-0.39, 0.29) is 25.4 Å². The van der Waals surface area contributed by atoms with Crippen LogP contribution in [-0.4, -0.2) is 35.6 Å². The van der Waals surface area contributed by atoms with Crippen LogP contribution in [0.25, 0.3) is 0 Å². The Bertz CT molecular complexity index is 365. The second-order valence-electron chi connectivity index (χ2n) is 11.8. The molecule has 2 N–H and O–H groups in total.